The number of benzene rings is 1. The van der Waals surface area contributed by atoms with Gasteiger partial charge in [0.1, 0.15) is 0 Å². The third kappa shape index (κ3) is 3.56. The van der Waals surface area contributed by atoms with Gasteiger partial charge in [0.05, 0.1) is 0 Å². The average molecular weight is 261 g/mol. The van der Waals surface area contributed by atoms with Crippen molar-refractivity contribution < 1.29 is 14.7 Å². The van der Waals surface area contributed by atoms with Crippen molar-refractivity contribution in [3.05, 3.63) is 35.4 Å². The average Bonchev–Trinajstić information content (AvgIpc) is 2.80. The number of fused-ring (bicyclic) bond motifs is 1. The lowest BCUT2D eigenvalue weighted by Crippen LogP contribution is -2.37. The van der Waals surface area contributed by atoms with Crippen LogP contribution in [0.15, 0.2) is 24.3 Å². The molecule has 1 aliphatic carbocycles. The Kier molecular flexibility index (Phi) is 4.20. The van der Waals surface area contributed by atoms with Crippen molar-refractivity contribution in [1.82, 2.24) is 5.32 Å². The molecule has 1 aliphatic rings. The third-order valence-electron chi connectivity index (χ3n) is 3.60. The Bertz CT molecular complexity index is 459. The van der Waals surface area contributed by atoms with Crippen LogP contribution < -0.4 is 5.32 Å². The molecule has 0 bridgehead atoms. The van der Waals surface area contributed by atoms with E-state index in [1.54, 1.807) is 0 Å². The second-order valence-corrected chi connectivity index (χ2v) is 5.22. The van der Waals surface area contributed by atoms with Crippen LogP contribution in [0.5, 0.6) is 0 Å². The van der Waals surface area contributed by atoms with E-state index in [1.807, 2.05) is 19.1 Å². The van der Waals surface area contributed by atoms with E-state index in [0.717, 1.165) is 12.8 Å². The zero-order valence-electron chi connectivity index (χ0n) is 11.1. The maximum absolute atomic E-state index is 12.1. The molecule has 1 aromatic rings. The third-order valence-corrected chi connectivity index (χ3v) is 3.60. The molecule has 4 heteroatoms. The number of carboxylic acids is 1. The molecule has 0 radical (unpaired) electrons. The first-order chi connectivity index (χ1) is 9.06. The van der Waals surface area contributed by atoms with Gasteiger partial charge in [-0.05, 0) is 37.3 Å². The van der Waals surface area contributed by atoms with Crippen molar-refractivity contribution in [3.63, 3.8) is 0 Å². The summed E-state index contributed by atoms with van der Waals surface area (Å²) in [7, 11) is 0. The van der Waals surface area contributed by atoms with Crippen LogP contribution in [0, 0.1) is 5.92 Å². The molecule has 0 saturated carbocycles. The lowest BCUT2D eigenvalue weighted by molar-refractivity contribution is -0.137. The molecule has 0 aliphatic heterocycles. The second kappa shape index (κ2) is 5.87. The van der Waals surface area contributed by atoms with E-state index >= 15 is 0 Å². The van der Waals surface area contributed by atoms with Gasteiger partial charge in [0, 0.05) is 18.4 Å². The zero-order valence-corrected chi connectivity index (χ0v) is 11.1. The molecule has 1 aromatic carbocycles. The quantitative estimate of drug-likeness (QED) is 0.849. The number of hydrogen-bond acceptors (Lipinski definition) is 2. The molecule has 1 atom stereocenters. The molecule has 0 saturated heterocycles. The van der Waals surface area contributed by atoms with Gasteiger partial charge in [-0.25, -0.2) is 0 Å². The molecule has 0 fully saturated rings. The highest BCUT2D eigenvalue weighted by Crippen LogP contribution is 2.26. The lowest BCUT2D eigenvalue weighted by atomic mass is 10.0. The molecular formula is C15H19NO3. The molecule has 2 rings (SSSR count). The minimum atomic E-state index is -0.825. The van der Waals surface area contributed by atoms with Gasteiger partial charge in [0.25, 0.3) is 0 Å². The van der Waals surface area contributed by atoms with Crippen LogP contribution in [0.1, 0.15) is 30.9 Å². The predicted molar refractivity (Wildman–Crippen MR) is 71.8 cm³/mol. The zero-order chi connectivity index (χ0) is 13.8. The summed E-state index contributed by atoms with van der Waals surface area (Å²) in [4.78, 5) is 22.6. The van der Waals surface area contributed by atoms with Crippen molar-refractivity contribution in [2.45, 2.75) is 38.6 Å². The summed E-state index contributed by atoms with van der Waals surface area (Å²) in [6, 6.07) is 8.03. The van der Waals surface area contributed by atoms with Gasteiger partial charge in [-0.2, -0.15) is 0 Å². The Balaban J connectivity index is 1.84. The summed E-state index contributed by atoms with van der Waals surface area (Å²) >= 11 is 0. The topological polar surface area (TPSA) is 66.4 Å². The fourth-order valence-electron chi connectivity index (χ4n) is 2.52. The Morgan fingerprint density at radius 1 is 1.32 bits per heavy atom. The summed E-state index contributed by atoms with van der Waals surface area (Å²) in [6.07, 6.45) is 2.13. The van der Waals surface area contributed by atoms with Crippen molar-refractivity contribution in [1.29, 1.82) is 0 Å². The summed E-state index contributed by atoms with van der Waals surface area (Å²) in [5.74, 6) is -0.798. The highest BCUT2D eigenvalue weighted by Gasteiger charge is 2.27. The number of carboxylic acid groups (broad SMARTS) is 1. The summed E-state index contributed by atoms with van der Waals surface area (Å²) in [5.41, 5.74) is 2.50. The minimum Gasteiger partial charge on any atom is -0.481 e. The number of carbonyl (C=O) groups is 2. The maximum Gasteiger partial charge on any atom is 0.303 e. The Hall–Kier alpha value is -1.84. The Morgan fingerprint density at radius 3 is 2.42 bits per heavy atom. The monoisotopic (exact) mass is 261 g/mol. The number of amides is 1. The molecule has 19 heavy (non-hydrogen) atoms. The number of nitrogens with one attached hydrogen (secondary N) is 1. The van der Waals surface area contributed by atoms with E-state index in [1.165, 1.54) is 11.1 Å². The standard InChI is InChI=1S/C15H19NO3/c1-10(6-7-14(17)18)16-15(19)13-8-11-4-2-3-5-12(11)9-13/h2-5,10,13H,6-9H2,1H3,(H,16,19)(H,17,18). The van der Waals surface area contributed by atoms with E-state index in [4.69, 9.17) is 5.11 Å². The molecule has 0 aromatic heterocycles. The van der Waals surface area contributed by atoms with Gasteiger partial charge < -0.3 is 10.4 Å². The van der Waals surface area contributed by atoms with E-state index in [0.29, 0.717) is 6.42 Å². The van der Waals surface area contributed by atoms with Crippen molar-refractivity contribution in [3.8, 4) is 0 Å². The molecular weight excluding hydrogens is 242 g/mol. The second-order valence-electron chi connectivity index (χ2n) is 5.22. The Labute approximate surface area is 112 Å². The molecule has 2 N–H and O–H groups in total. The van der Waals surface area contributed by atoms with E-state index in [9.17, 15) is 9.59 Å². The van der Waals surface area contributed by atoms with Crippen molar-refractivity contribution in [2.75, 3.05) is 0 Å². The first-order valence-corrected chi connectivity index (χ1v) is 6.65. The van der Waals surface area contributed by atoms with Gasteiger partial charge in [0.15, 0.2) is 0 Å². The summed E-state index contributed by atoms with van der Waals surface area (Å²) in [5, 5.41) is 11.5. The van der Waals surface area contributed by atoms with Crippen LogP contribution in [0.3, 0.4) is 0 Å². The van der Waals surface area contributed by atoms with Gasteiger partial charge in [0.2, 0.25) is 5.91 Å². The summed E-state index contributed by atoms with van der Waals surface area (Å²) < 4.78 is 0. The smallest absolute Gasteiger partial charge is 0.303 e. The first-order valence-electron chi connectivity index (χ1n) is 6.65. The number of rotatable bonds is 5. The van der Waals surface area contributed by atoms with Crippen LogP contribution in [0.25, 0.3) is 0 Å². The SMILES string of the molecule is CC(CCC(=O)O)NC(=O)C1Cc2ccccc2C1. The first kappa shape index (κ1) is 13.6. The van der Waals surface area contributed by atoms with Crippen molar-refractivity contribution in [2.24, 2.45) is 5.92 Å². The molecule has 4 nitrogen and oxygen atoms in total. The van der Waals surface area contributed by atoms with Crippen LogP contribution in [-0.4, -0.2) is 23.0 Å². The maximum atomic E-state index is 12.1. The largest absolute Gasteiger partial charge is 0.481 e. The molecule has 102 valence electrons. The fraction of sp³-hybridized carbons (Fsp3) is 0.467. The van der Waals surface area contributed by atoms with Crippen LogP contribution in [0.2, 0.25) is 0 Å². The van der Waals surface area contributed by atoms with Crippen LogP contribution in [-0.2, 0) is 22.4 Å². The van der Waals surface area contributed by atoms with Gasteiger partial charge >= 0.3 is 5.97 Å². The summed E-state index contributed by atoms with van der Waals surface area (Å²) in [6.45, 7) is 1.85. The highest BCUT2D eigenvalue weighted by atomic mass is 16.4. The van der Waals surface area contributed by atoms with Gasteiger partial charge in [-0.15, -0.1) is 0 Å². The molecule has 1 unspecified atom stereocenters. The van der Waals surface area contributed by atoms with Crippen LogP contribution in [0.4, 0.5) is 0 Å². The Morgan fingerprint density at radius 2 is 1.89 bits per heavy atom. The molecule has 0 heterocycles. The minimum absolute atomic E-state index is 0.00956. The predicted octanol–water partition coefficient (Wildman–Crippen LogP) is 1.77. The lowest BCUT2D eigenvalue weighted by Gasteiger charge is -2.16. The molecule has 1 amide bonds. The molecule has 0 spiro atoms. The highest BCUT2D eigenvalue weighted by molar-refractivity contribution is 5.80. The van der Waals surface area contributed by atoms with E-state index in [-0.39, 0.29) is 24.3 Å². The van der Waals surface area contributed by atoms with Gasteiger partial charge in [-0.1, -0.05) is 24.3 Å². The van der Waals surface area contributed by atoms with Gasteiger partial charge in [-0.3, -0.25) is 9.59 Å². The number of hydrogen-bond donors (Lipinski definition) is 2. The fourth-order valence-corrected chi connectivity index (χ4v) is 2.52. The van der Waals surface area contributed by atoms with Crippen LogP contribution >= 0.6 is 0 Å². The van der Waals surface area contributed by atoms with Crippen molar-refractivity contribution >= 4 is 11.9 Å². The number of aliphatic carboxylic acids is 1. The normalized spacial score (nSPS) is 15.8. The number of carbonyl (C=O) groups excluding carboxylic acids is 1. The van der Waals surface area contributed by atoms with E-state index < -0.39 is 5.97 Å². The van der Waals surface area contributed by atoms with E-state index in [2.05, 4.69) is 17.4 Å².